The highest BCUT2D eigenvalue weighted by Crippen LogP contribution is 2.38. The first-order valence-corrected chi connectivity index (χ1v) is 5.34. The molecule has 0 saturated carbocycles. The lowest BCUT2D eigenvalue weighted by atomic mass is 10.1. The van der Waals surface area contributed by atoms with Crippen molar-refractivity contribution in [3.05, 3.63) is 34.1 Å². The third-order valence-corrected chi connectivity index (χ3v) is 2.54. The van der Waals surface area contributed by atoms with Gasteiger partial charge in [0.1, 0.15) is 0 Å². The summed E-state index contributed by atoms with van der Waals surface area (Å²) in [7, 11) is 0. The predicted molar refractivity (Wildman–Crippen MR) is 57.2 cm³/mol. The Morgan fingerprint density at radius 1 is 1.24 bits per heavy atom. The quantitative estimate of drug-likeness (QED) is 0.804. The molecular weight excluding hydrogens is 301 g/mol. The van der Waals surface area contributed by atoms with Gasteiger partial charge in [0.05, 0.1) is 11.1 Å². The fraction of sp³-hybridized carbons (Fsp3) is 0.200. The Balaban J connectivity index is 2.61. The smallest absolute Gasteiger partial charge is 0.417 e. The topological polar surface area (TPSA) is 38.9 Å². The number of hydrogen-bond donors (Lipinski definition) is 0. The average Bonchev–Trinajstić information content (AvgIpc) is 2.63. The molecule has 0 amide bonds. The van der Waals surface area contributed by atoms with Gasteiger partial charge in [-0.05, 0) is 18.2 Å². The van der Waals surface area contributed by atoms with Crippen LogP contribution in [0.2, 0.25) is 0 Å². The Kier molecular flexibility index (Phi) is 2.94. The number of halogens is 4. The largest absolute Gasteiger partial charge is 0.421 e. The molecule has 1 heterocycles. The summed E-state index contributed by atoms with van der Waals surface area (Å²) in [6.07, 6.45) is -4.47. The summed E-state index contributed by atoms with van der Waals surface area (Å²) in [5.41, 5.74) is -0.933. The summed E-state index contributed by atoms with van der Waals surface area (Å²) >= 11 is 3.00. The highest BCUT2D eigenvalue weighted by Gasteiger charge is 2.35. The van der Waals surface area contributed by atoms with E-state index in [4.69, 9.17) is 4.42 Å². The van der Waals surface area contributed by atoms with Crippen LogP contribution in [-0.4, -0.2) is 10.2 Å². The lowest BCUT2D eigenvalue weighted by molar-refractivity contribution is -0.137. The molecule has 0 radical (unpaired) electrons. The zero-order valence-electron chi connectivity index (χ0n) is 8.55. The number of alkyl halides is 3. The van der Waals surface area contributed by atoms with E-state index in [0.717, 1.165) is 6.07 Å². The van der Waals surface area contributed by atoms with E-state index in [0.29, 0.717) is 4.47 Å². The standard InChI is InChI=1S/C10H6BrF3N2O/c1-5-15-16-9(17-5)7-3-2-6(11)4-8(7)10(12,13)14/h2-4H,1H3. The van der Waals surface area contributed by atoms with Crippen LogP contribution in [0.3, 0.4) is 0 Å². The van der Waals surface area contributed by atoms with Crippen molar-refractivity contribution >= 4 is 15.9 Å². The Hall–Kier alpha value is -1.37. The minimum absolute atomic E-state index is 0.124. The van der Waals surface area contributed by atoms with Gasteiger partial charge < -0.3 is 4.42 Å². The zero-order chi connectivity index (χ0) is 12.6. The molecular formula is C10H6BrF3N2O. The van der Waals surface area contributed by atoms with Crippen LogP contribution in [0.25, 0.3) is 11.5 Å². The highest BCUT2D eigenvalue weighted by atomic mass is 79.9. The SMILES string of the molecule is Cc1nnc(-c2ccc(Br)cc2C(F)(F)F)o1. The molecule has 0 bridgehead atoms. The van der Waals surface area contributed by atoms with Crippen LogP contribution >= 0.6 is 15.9 Å². The lowest BCUT2D eigenvalue weighted by Crippen LogP contribution is -2.07. The highest BCUT2D eigenvalue weighted by molar-refractivity contribution is 9.10. The van der Waals surface area contributed by atoms with Crippen LogP contribution in [0, 0.1) is 6.92 Å². The first-order valence-electron chi connectivity index (χ1n) is 4.55. The van der Waals surface area contributed by atoms with E-state index in [1.54, 1.807) is 0 Å². The maximum Gasteiger partial charge on any atom is 0.417 e. The third kappa shape index (κ3) is 2.49. The van der Waals surface area contributed by atoms with Crippen LogP contribution in [-0.2, 0) is 6.18 Å². The first-order chi connectivity index (χ1) is 7.88. The van der Waals surface area contributed by atoms with Crippen molar-refractivity contribution in [2.75, 3.05) is 0 Å². The monoisotopic (exact) mass is 306 g/mol. The molecule has 1 aromatic heterocycles. The summed E-state index contributed by atoms with van der Waals surface area (Å²) in [4.78, 5) is 0. The summed E-state index contributed by atoms with van der Waals surface area (Å²) < 4.78 is 43.8. The van der Waals surface area contributed by atoms with Crippen molar-refractivity contribution in [2.24, 2.45) is 0 Å². The third-order valence-electron chi connectivity index (χ3n) is 2.04. The summed E-state index contributed by atoms with van der Waals surface area (Å²) in [6.45, 7) is 1.52. The van der Waals surface area contributed by atoms with Gasteiger partial charge in [-0.2, -0.15) is 13.2 Å². The molecule has 0 atom stereocenters. The minimum atomic E-state index is -4.47. The van der Waals surface area contributed by atoms with Gasteiger partial charge in [0.2, 0.25) is 11.8 Å². The molecule has 90 valence electrons. The summed E-state index contributed by atoms with van der Waals surface area (Å²) in [5.74, 6) is 0.0818. The molecule has 3 nitrogen and oxygen atoms in total. The van der Waals surface area contributed by atoms with Crippen molar-refractivity contribution in [3.8, 4) is 11.5 Å². The summed E-state index contributed by atoms with van der Waals surface area (Å²) in [6, 6.07) is 3.76. The van der Waals surface area contributed by atoms with Crippen LogP contribution in [0.4, 0.5) is 13.2 Å². The number of rotatable bonds is 1. The molecule has 0 unspecified atom stereocenters. The van der Waals surface area contributed by atoms with Crippen LogP contribution in [0.5, 0.6) is 0 Å². The molecule has 2 aromatic rings. The Bertz CT molecular complexity index is 551. The normalized spacial score (nSPS) is 11.8. The molecule has 0 aliphatic carbocycles. The predicted octanol–water partition coefficient (Wildman–Crippen LogP) is 3.83. The van der Waals surface area contributed by atoms with Crippen molar-refractivity contribution in [1.29, 1.82) is 0 Å². The van der Waals surface area contributed by atoms with Crippen LogP contribution in [0.15, 0.2) is 27.1 Å². The van der Waals surface area contributed by atoms with Gasteiger partial charge in [0, 0.05) is 11.4 Å². The molecule has 0 aliphatic rings. The Labute approximate surface area is 103 Å². The minimum Gasteiger partial charge on any atom is -0.421 e. The molecule has 1 aromatic carbocycles. The molecule has 17 heavy (non-hydrogen) atoms. The van der Waals surface area contributed by atoms with Gasteiger partial charge in [0.15, 0.2) is 0 Å². The second-order valence-electron chi connectivity index (χ2n) is 3.31. The number of aryl methyl sites for hydroxylation is 1. The van der Waals surface area contributed by atoms with E-state index >= 15 is 0 Å². The van der Waals surface area contributed by atoms with Crippen molar-refractivity contribution < 1.29 is 17.6 Å². The van der Waals surface area contributed by atoms with Gasteiger partial charge in [-0.3, -0.25) is 0 Å². The van der Waals surface area contributed by atoms with E-state index in [9.17, 15) is 13.2 Å². The maximum absolute atomic E-state index is 12.8. The van der Waals surface area contributed by atoms with E-state index < -0.39 is 11.7 Å². The molecule has 0 aliphatic heterocycles. The van der Waals surface area contributed by atoms with E-state index in [-0.39, 0.29) is 17.3 Å². The zero-order valence-corrected chi connectivity index (χ0v) is 10.1. The molecule has 0 spiro atoms. The Morgan fingerprint density at radius 2 is 1.94 bits per heavy atom. The van der Waals surface area contributed by atoms with E-state index in [2.05, 4.69) is 26.1 Å². The molecule has 0 fully saturated rings. The van der Waals surface area contributed by atoms with Crippen molar-refractivity contribution in [3.63, 3.8) is 0 Å². The number of nitrogens with zero attached hydrogens (tertiary/aromatic N) is 2. The van der Waals surface area contributed by atoms with Crippen molar-refractivity contribution in [2.45, 2.75) is 13.1 Å². The molecule has 7 heteroatoms. The average molecular weight is 307 g/mol. The number of aromatic nitrogens is 2. The van der Waals surface area contributed by atoms with E-state index in [1.807, 2.05) is 0 Å². The Morgan fingerprint density at radius 3 is 2.47 bits per heavy atom. The van der Waals surface area contributed by atoms with Crippen LogP contribution < -0.4 is 0 Å². The number of hydrogen-bond acceptors (Lipinski definition) is 3. The summed E-state index contributed by atoms with van der Waals surface area (Å²) in [5, 5.41) is 7.10. The fourth-order valence-corrected chi connectivity index (χ4v) is 1.70. The van der Waals surface area contributed by atoms with Gasteiger partial charge in [-0.1, -0.05) is 15.9 Å². The van der Waals surface area contributed by atoms with Gasteiger partial charge in [0.25, 0.3) is 0 Å². The van der Waals surface area contributed by atoms with Gasteiger partial charge in [-0.25, -0.2) is 0 Å². The molecule has 0 N–H and O–H groups in total. The maximum atomic E-state index is 12.8. The van der Waals surface area contributed by atoms with Gasteiger partial charge >= 0.3 is 6.18 Å². The molecule has 2 rings (SSSR count). The second-order valence-corrected chi connectivity index (χ2v) is 4.23. The van der Waals surface area contributed by atoms with Crippen molar-refractivity contribution in [1.82, 2.24) is 10.2 Å². The fourth-order valence-electron chi connectivity index (χ4n) is 1.34. The molecule has 0 saturated heterocycles. The van der Waals surface area contributed by atoms with E-state index in [1.165, 1.54) is 19.1 Å². The first kappa shape index (κ1) is 12.1. The lowest BCUT2D eigenvalue weighted by Gasteiger charge is -2.10. The van der Waals surface area contributed by atoms with Gasteiger partial charge in [-0.15, -0.1) is 10.2 Å². The second kappa shape index (κ2) is 4.14. The van der Waals surface area contributed by atoms with Crippen LogP contribution in [0.1, 0.15) is 11.5 Å². The number of benzene rings is 1.